The van der Waals surface area contributed by atoms with Gasteiger partial charge in [-0.05, 0) is 50.8 Å². The van der Waals surface area contributed by atoms with Gasteiger partial charge in [-0.1, -0.05) is 48.9 Å². The third-order valence-corrected chi connectivity index (χ3v) is 3.67. The molecule has 1 saturated heterocycles. The Labute approximate surface area is 112 Å². The maximum absolute atomic E-state index is 2.60. The fraction of sp³-hybridized carbons (Fsp3) is 0.529. The molecule has 98 valence electrons. The van der Waals surface area contributed by atoms with E-state index < -0.39 is 0 Å². The number of nitrogens with zero attached hydrogens (tertiary/aromatic N) is 1. The summed E-state index contributed by atoms with van der Waals surface area (Å²) in [7, 11) is 0. The number of piperidine rings is 1. The van der Waals surface area contributed by atoms with E-state index in [0.717, 1.165) is 0 Å². The standard InChI is InChI=1S/C17H25N/c1(5-11-17-12-6-3-7-13-17)2-8-14-18-15-9-4-10-16-18/h1-3,6-7,12-13H,4-5,8-11,14-16H2. The van der Waals surface area contributed by atoms with E-state index in [4.69, 9.17) is 0 Å². The van der Waals surface area contributed by atoms with Gasteiger partial charge in [0.2, 0.25) is 0 Å². The average Bonchev–Trinajstić information content (AvgIpc) is 2.45. The Morgan fingerprint density at radius 2 is 1.61 bits per heavy atom. The number of hydrogen-bond acceptors (Lipinski definition) is 1. The molecule has 1 nitrogen and oxygen atoms in total. The second-order valence-corrected chi connectivity index (χ2v) is 5.19. The summed E-state index contributed by atoms with van der Waals surface area (Å²) in [6.45, 7) is 3.89. The van der Waals surface area contributed by atoms with Crippen LogP contribution >= 0.6 is 0 Å². The van der Waals surface area contributed by atoms with Crippen molar-refractivity contribution in [3.8, 4) is 0 Å². The highest BCUT2D eigenvalue weighted by atomic mass is 15.1. The Morgan fingerprint density at radius 3 is 2.39 bits per heavy atom. The topological polar surface area (TPSA) is 3.24 Å². The number of aryl methyl sites for hydroxylation is 1. The third-order valence-electron chi connectivity index (χ3n) is 3.67. The van der Waals surface area contributed by atoms with Gasteiger partial charge in [-0.25, -0.2) is 0 Å². The maximum Gasteiger partial charge on any atom is 0.00159 e. The molecule has 0 atom stereocenters. The van der Waals surface area contributed by atoms with Crippen LogP contribution < -0.4 is 0 Å². The van der Waals surface area contributed by atoms with Crippen molar-refractivity contribution in [3.05, 3.63) is 48.0 Å². The molecule has 18 heavy (non-hydrogen) atoms. The molecule has 0 N–H and O–H groups in total. The van der Waals surface area contributed by atoms with E-state index in [-0.39, 0.29) is 0 Å². The quantitative estimate of drug-likeness (QED) is 0.681. The first-order valence-corrected chi connectivity index (χ1v) is 7.36. The fourth-order valence-corrected chi connectivity index (χ4v) is 2.57. The van der Waals surface area contributed by atoms with Crippen LogP contribution in [0, 0.1) is 0 Å². The van der Waals surface area contributed by atoms with E-state index in [9.17, 15) is 0 Å². The Bertz CT molecular complexity index is 336. The molecule has 1 fully saturated rings. The lowest BCUT2D eigenvalue weighted by molar-refractivity contribution is 0.233. The molecule has 1 heterocycles. The van der Waals surface area contributed by atoms with Gasteiger partial charge in [-0.2, -0.15) is 0 Å². The first-order valence-electron chi connectivity index (χ1n) is 7.36. The zero-order chi connectivity index (χ0) is 12.5. The van der Waals surface area contributed by atoms with Crippen molar-refractivity contribution >= 4 is 0 Å². The first kappa shape index (κ1) is 13.4. The molecule has 1 aliphatic heterocycles. The summed E-state index contributed by atoms with van der Waals surface area (Å²) in [5, 5.41) is 0. The zero-order valence-electron chi connectivity index (χ0n) is 11.4. The SMILES string of the molecule is C(=CCCN1CCCCC1)CCc1ccccc1. The van der Waals surface area contributed by atoms with Gasteiger partial charge >= 0.3 is 0 Å². The summed E-state index contributed by atoms with van der Waals surface area (Å²) >= 11 is 0. The lowest BCUT2D eigenvalue weighted by Crippen LogP contribution is -2.30. The van der Waals surface area contributed by atoms with Crippen LogP contribution in [0.5, 0.6) is 0 Å². The Morgan fingerprint density at radius 1 is 0.889 bits per heavy atom. The minimum absolute atomic E-state index is 1.17. The van der Waals surface area contributed by atoms with Crippen LogP contribution in [0.4, 0.5) is 0 Å². The molecule has 1 aromatic rings. The molecule has 1 heteroatoms. The van der Waals surface area contributed by atoms with Gasteiger partial charge in [-0.15, -0.1) is 0 Å². The summed E-state index contributed by atoms with van der Waals surface area (Å²) in [6, 6.07) is 10.7. The molecule has 1 aliphatic rings. The highest BCUT2D eigenvalue weighted by molar-refractivity contribution is 5.15. The summed E-state index contributed by atoms with van der Waals surface area (Å²) in [5.41, 5.74) is 1.44. The van der Waals surface area contributed by atoms with E-state index in [1.54, 1.807) is 0 Å². The van der Waals surface area contributed by atoms with Crippen LogP contribution in [0.3, 0.4) is 0 Å². The predicted octanol–water partition coefficient (Wildman–Crippen LogP) is 4.05. The zero-order valence-corrected chi connectivity index (χ0v) is 11.4. The van der Waals surface area contributed by atoms with Gasteiger partial charge in [0, 0.05) is 6.54 Å². The largest absolute Gasteiger partial charge is 0.303 e. The minimum Gasteiger partial charge on any atom is -0.303 e. The summed E-state index contributed by atoms with van der Waals surface area (Å²) in [4.78, 5) is 2.60. The van der Waals surface area contributed by atoms with E-state index >= 15 is 0 Å². The van der Waals surface area contributed by atoms with E-state index in [2.05, 4.69) is 47.4 Å². The van der Waals surface area contributed by atoms with Crippen LogP contribution in [0.1, 0.15) is 37.7 Å². The van der Waals surface area contributed by atoms with Crippen molar-refractivity contribution in [2.75, 3.05) is 19.6 Å². The molecule has 0 spiro atoms. The lowest BCUT2D eigenvalue weighted by Gasteiger charge is -2.25. The highest BCUT2D eigenvalue weighted by Crippen LogP contribution is 2.09. The molecular formula is C17H25N. The predicted molar refractivity (Wildman–Crippen MR) is 78.8 cm³/mol. The molecule has 0 amide bonds. The van der Waals surface area contributed by atoms with Gasteiger partial charge in [0.25, 0.3) is 0 Å². The van der Waals surface area contributed by atoms with Crippen LogP contribution in [0.25, 0.3) is 0 Å². The number of benzene rings is 1. The summed E-state index contributed by atoms with van der Waals surface area (Å²) in [6.07, 6.45) is 12.5. The lowest BCUT2D eigenvalue weighted by atomic mass is 10.1. The highest BCUT2D eigenvalue weighted by Gasteiger charge is 2.07. The van der Waals surface area contributed by atoms with Crippen LogP contribution in [0.15, 0.2) is 42.5 Å². The smallest absolute Gasteiger partial charge is 0.00159 e. The van der Waals surface area contributed by atoms with Gasteiger partial charge in [0.1, 0.15) is 0 Å². The normalized spacial score (nSPS) is 17.3. The summed E-state index contributed by atoms with van der Waals surface area (Å²) in [5.74, 6) is 0. The molecule has 0 unspecified atom stereocenters. The maximum atomic E-state index is 2.60. The Balaban J connectivity index is 1.55. The van der Waals surface area contributed by atoms with Crippen molar-refractivity contribution < 1.29 is 0 Å². The Hall–Kier alpha value is -1.08. The van der Waals surface area contributed by atoms with Crippen molar-refractivity contribution in [1.29, 1.82) is 0 Å². The molecule has 0 bridgehead atoms. The monoisotopic (exact) mass is 243 g/mol. The Kier molecular flexibility index (Phi) is 6.01. The number of likely N-dealkylation sites (tertiary alicyclic amines) is 1. The molecule has 0 aliphatic carbocycles. The van der Waals surface area contributed by atoms with E-state index in [0.29, 0.717) is 0 Å². The van der Waals surface area contributed by atoms with Crippen molar-refractivity contribution in [2.45, 2.75) is 38.5 Å². The number of rotatable bonds is 6. The van der Waals surface area contributed by atoms with Crippen molar-refractivity contribution in [3.63, 3.8) is 0 Å². The number of hydrogen-bond donors (Lipinski definition) is 0. The van der Waals surface area contributed by atoms with Crippen LogP contribution in [0.2, 0.25) is 0 Å². The van der Waals surface area contributed by atoms with Crippen molar-refractivity contribution in [1.82, 2.24) is 4.90 Å². The molecule has 0 aromatic heterocycles. The van der Waals surface area contributed by atoms with Crippen LogP contribution in [-0.4, -0.2) is 24.5 Å². The van der Waals surface area contributed by atoms with Gasteiger partial charge in [-0.3, -0.25) is 0 Å². The van der Waals surface area contributed by atoms with E-state index in [1.165, 1.54) is 63.7 Å². The third kappa shape index (κ3) is 5.05. The average molecular weight is 243 g/mol. The second-order valence-electron chi connectivity index (χ2n) is 5.19. The van der Waals surface area contributed by atoms with Gasteiger partial charge in [0.05, 0.1) is 0 Å². The van der Waals surface area contributed by atoms with Crippen LogP contribution in [-0.2, 0) is 6.42 Å². The van der Waals surface area contributed by atoms with Crippen molar-refractivity contribution in [2.24, 2.45) is 0 Å². The first-order chi connectivity index (χ1) is 8.95. The summed E-state index contributed by atoms with van der Waals surface area (Å²) < 4.78 is 0. The minimum atomic E-state index is 1.17. The molecular weight excluding hydrogens is 218 g/mol. The fourth-order valence-electron chi connectivity index (χ4n) is 2.57. The molecule has 2 rings (SSSR count). The van der Waals surface area contributed by atoms with Gasteiger partial charge in [0.15, 0.2) is 0 Å². The number of allylic oxidation sites excluding steroid dienone is 1. The second kappa shape index (κ2) is 8.10. The molecule has 0 saturated carbocycles. The van der Waals surface area contributed by atoms with E-state index in [1.807, 2.05) is 0 Å². The molecule has 0 radical (unpaired) electrons. The molecule has 1 aromatic carbocycles. The van der Waals surface area contributed by atoms with Gasteiger partial charge < -0.3 is 4.90 Å².